The van der Waals surface area contributed by atoms with E-state index in [1.807, 2.05) is 6.07 Å². The summed E-state index contributed by atoms with van der Waals surface area (Å²) in [5.74, 6) is 0.334. The van der Waals surface area contributed by atoms with Crippen LogP contribution in [0.25, 0.3) is 0 Å². The second kappa shape index (κ2) is 5.21. The van der Waals surface area contributed by atoms with Crippen molar-refractivity contribution in [2.45, 2.75) is 13.1 Å². The van der Waals surface area contributed by atoms with E-state index in [0.717, 1.165) is 12.1 Å². The molecule has 20 heavy (non-hydrogen) atoms. The van der Waals surface area contributed by atoms with Gasteiger partial charge in [-0.05, 0) is 37.3 Å². The first-order chi connectivity index (χ1) is 9.38. The van der Waals surface area contributed by atoms with Gasteiger partial charge in [0.2, 0.25) is 0 Å². The van der Waals surface area contributed by atoms with Crippen molar-refractivity contribution in [3.8, 4) is 6.07 Å². The van der Waals surface area contributed by atoms with Gasteiger partial charge in [-0.1, -0.05) is 6.07 Å². The van der Waals surface area contributed by atoms with Gasteiger partial charge in [0.15, 0.2) is 0 Å². The van der Waals surface area contributed by atoms with E-state index in [9.17, 15) is 13.2 Å². The van der Waals surface area contributed by atoms with Gasteiger partial charge in [0.1, 0.15) is 5.82 Å². The summed E-state index contributed by atoms with van der Waals surface area (Å²) in [7, 11) is 0. The molecule has 0 aliphatic heterocycles. The van der Waals surface area contributed by atoms with E-state index >= 15 is 0 Å². The van der Waals surface area contributed by atoms with Crippen LogP contribution < -0.4 is 5.32 Å². The van der Waals surface area contributed by atoms with Gasteiger partial charge in [-0.25, -0.2) is 4.98 Å². The lowest BCUT2D eigenvalue weighted by Gasteiger charge is -2.10. The molecule has 1 N–H and O–H groups in total. The molecule has 0 aliphatic carbocycles. The Labute approximate surface area is 113 Å². The predicted molar refractivity (Wildman–Crippen MR) is 68.4 cm³/mol. The topological polar surface area (TPSA) is 48.7 Å². The zero-order valence-corrected chi connectivity index (χ0v) is 10.5. The highest BCUT2D eigenvalue weighted by molar-refractivity contribution is 5.59. The van der Waals surface area contributed by atoms with Crippen molar-refractivity contribution < 1.29 is 13.2 Å². The van der Waals surface area contributed by atoms with E-state index in [0.29, 0.717) is 17.1 Å². The second-order valence-electron chi connectivity index (χ2n) is 4.20. The molecule has 0 saturated heterocycles. The number of aryl methyl sites for hydroxylation is 1. The third kappa shape index (κ3) is 3.26. The van der Waals surface area contributed by atoms with Crippen molar-refractivity contribution in [3.05, 3.63) is 53.2 Å². The number of nitrogens with zero attached hydrogens (tertiary/aromatic N) is 2. The Bertz CT molecular complexity index is 672. The van der Waals surface area contributed by atoms with Crippen LogP contribution in [0.1, 0.15) is 16.8 Å². The normalized spacial score (nSPS) is 10.9. The molecule has 0 atom stereocenters. The SMILES string of the molecule is Cc1cc(C#N)cc(Nc2cccc(C(F)(F)F)c2)n1. The van der Waals surface area contributed by atoms with E-state index in [2.05, 4.69) is 10.3 Å². The molecule has 0 amide bonds. The average Bonchev–Trinajstić information content (AvgIpc) is 2.37. The molecule has 6 heteroatoms. The van der Waals surface area contributed by atoms with Gasteiger partial charge in [0.25, 0.3) is 0 Å². The highest BCUT2D eigenvalue weighted by Crippen LogP contribution is 2.31. The third-order valence-electron chi connectivity index (χ3n) is 2.54. The minimum Gasteiger partial charge on any atom is -0.340 e. The van der Waals surface area contributed by atoms with E-state index in [-0.39, 0.29) is 5.69 Å². The summed E-state index contributed by atoms with van der Waals surface area (Å²) in [4.78, 5) is 4.13. The van der Waals surface area contributed by atoms with E-state index < -0.39 is 11.7 Å². The average molecular weight is 277 g/mol. The summed E-state index contributed by atoms with van der Waals surface area (Å²) in [5, 5.41) is 11.6. The van der Waals surface area contributed by atoms with Crippen LogP contribution in [0.4, 0.5) is 24.7 Å². The van der Waals surface area contributed by atoms with E-state index in [4.69, 9.17) is 5.26 Å². The maximum atomic E-state index is 12.6. The number of hydrogen-bond acceptors (Lipinski definition) is 3. The van der Waals surface area contributed by atoms with Crippen molar-refractivity contribution in [2.24, 2.45) is 0 Å². The molecule has 0 radical (unpaired) electrons. The quantitative estimate of drug-likeness (QED) is 0.901. The van der Waals surface area contributed by atoms with Crippen LogP contribution in [-0.4, -0.2) is 4.98 Å². The van der Waals surface area contributed by atoms with Crippen LogP contribution in [0, 0.1) is 18.3 Å². The van der Waals surface area contributed by atoms with Gasteiger partial charge in [-0.2, -0.15) is 18.4 Å². The fourth-order valence-corrected chi connectivity index (χ4v) is 1.72. The van der Waals surface area contributed by atoms with Gasteiger partial charge in [0.05, 0.1) is 17.2 Å². The first kappa shape index (κ1) is 13.9. The maximum Gasteiger partial charge on any atom is 0.416 e. The predicted octanol–water partition coefficient (Wildman–Crippen LogP) is 4.02. The molecule has 3 nitrogen and oxygen atoms in total. The Morgan fingerprint density at radius 3 is 2.60 bits per heavy atom. The number of nitrogens with one attached hydrogen (secondary N) is 1. The van der Waals surface area contributed by atoms with E-state index in [1.54, 1.807) is 13.0 Å². The van der Waals surface area contributed by atoms with Crippen molar-refractivity contribution >= 4 is 11.5 Å². The monoisotopic (exact) mass is 277 g/mol. The molecule has 1 aromatic carbocycles. The minimum absolute atomic E-state index is 0.266. The first-order valence-corrected chi connectivity index (χ1v) is 5.71. The number of anilines is 2. The summed E-state index contributed by atoms with van der Waals surface area (Å²) in [6.45, 7) is 1.71. The molecule has 1 heterocycles. The summed E-state index contributed by atoms with van der Waals surface area (Å²) in [5.41, 5.74) is 0.531. The molecule has 0 bridgehead atoms. The second-order valence-corrected chi connectivity index (χ2v) is 4.20. The molecule has 0 saturated carbocycles. The van der Waals surface area contributed by atoms with Crippen LogP contribution in [0.3, 0.4) is 0 Å². The number of pyridine rings is 1. The van der Waals surface area contributed by atoms with Crippen molar-refractivity contribution in [1.29, 1.82) is 5.26 Å². The molecular formula is C14H10F3N3. The maximum absolute atomic E-state index is 12.6. The molecule has 2 rings (SSSR count). The number of aromatic nitrogens is 1. The summed E-state index contributed by atoms with van der Waals surface area (Å²) in [6, 6.07) is 9.85. The van der Waals surface area contributed by atoms with Gasteiger partial charge in [-0.3, -0.25) is 0 Å². The Hall–Kier alpha value is -2.55. The first-order valence-electron chi connectivity index (χ1n) is 5.71. The number of alkyl halides is 3. The zero-order valence-electron chi connectivity index (χ0n) is 10.5. The lowest BCUT2D eigenvalue weighted by atomic mass is 10.2. The summed E-state index contributed by atoms with van der Waals surface area (Å²) < 4.78 is 37.8. The smallest absolute Gasteiger partial charge is 0.340 e. The van der Waals surface area contributed by atoms with Gasteiger partial charge in [0, 0.05) is 11.4 Å². The van der Waals surface area contributed by atoms with Gasteiger partial charge >= 0.3 is 6.18 Å². The Morgan fingerprint density at radius 2 is 1.95 bits per heavy atom. The van der Waals surface area contributed by atoms with Gasteiger partial charge in [-0.15, -0.1) is 0 Å². The molecule has 0 fully saturated rings. The fraction of sp³-hybridized carbons (Fsp3) is 0.143. The standard InChI is InChI=1S/C14H10F3N3/c1-9-5-10(8-18)6-13(19-9)20-12-4-2-3-11(7-12)14(15,16)17/h2-7H,1H3,(H,19,20). The molecule has 2 aromatic rings. The highest BCUT2D eigenvalue weighted by atomic mass is 19.4. The number of halogens is 3. The van der Waals surface area contributed by atoms with Crippen LogP contribution >= 0.6 is 0 Å². The van der Waals surface area contributed by atoms with Crippen molar-refractivity contribution in [2.75, 3.05) is 5.32 Å². The highest BCUT2D eigenvalue weighted by Gasteiger charge is 2.30. The Kier molecular flexibility index (Phi) is 3.61. The van der Waals surface area contributed by atoms with Crippen molar-refractivity contribution in [3.63, 3.8) is 0 Å². The number of hydrogen-bond donors (Lipinski definition) is 1. The summed E-state index contributed by atoms with van der Waals surface area (Å²) in [6.07, 6.45) is -4.39. The molecule has 0 spiro atoms. The minimum atomic E-state index is -4.39. The van der Waals surface area contributed by atoms with Crippen LogP contribution in [0.5, 0.6) is 0 Å². The Morgan fingerprint density at radius 1 is 1.20 bits per heavy atom. The molecule has 102 valence electrons. The number of benzene rings is 1. The number of rotatable bonds is 2. The van der Waals surface area contributed by atoms with Crippen LogP contribution in [-0.2, 0) is 6.18 Å². The Balaban J connectivity index is 2.31. The van der Waals surface area contributed by atoms with Gasteiger partial charge < -0.3 is 5.32 Å². The number of nitriles is 1. The molecule has 1 aromatic heterocycles. The lowest BCUT2D eigenvalue weighted by molar-refractivity contribution is -0.137. The van der Waals surface area contributed by atoms with Crippen LogP contribution in [0.2, 0.25) is 0 Å². The lowest BCUT2D eigenvalue weighted by Crippen LogP contribution is -2.05. The third-order valence-corrected chi connectivity index (χ3v) is 2.54. The molecule has 0 aliphatic rings. The largest absolute Gasteiger partial charge is 0.416 e. The van der Waals surface area contributed by atoms with Crippen molar-refractivity contribution in [1.82, 2.24) is 4.98 Å². The fourth-order valence-electron chi connectivity index (χ4n) is 1.72. The van der Waals surface area contributed by atoms with Crippen LogP contribution in [0.15, 0.2) is 36.4 Å². The van der Waals surface area contributed by atoms with E-state index in [1.165, 1.54) is 18.2 Å². The molecule has 0 unspecified atom stereocenters. The summed E-state index contributed by atoms with van der Waals surface area (Å²) >= 11 is 0. The molecular weight excluding hydrogens is 267 g/mol. The zero-order chi connectivity index (χ0) is 14.8.